The third kappa shape index (κ3) is 2.98. The van der Waals surface area contributed by atoms with Gasteiger partial charge < -0.3 is 0 Å². The van der Waals surface area contributed by atoms with Crippen LogP contribution >= 0.6 is 0 Å². The van der Waals surface area contributed by atoms with E-state index in [2.05, 4.69) is 103 Å². The smallest absolute Gasteiger partial charge is 0.159 e. The maximum absolute atomic E-state index is 4.78. The number of fused-ring (bicyclic) bond motifs is 10. The number of rotatable bonds is 2. The van der Waals surface area contributed by atoms with Crippen molar-refractivity contribution in [3.63, 3.8) is 0 Å². The van der Waals surface area contributed by atoms with E-state index in [0.717, 1.165) is 22.8 Å². The molecule has 190 valence electrons. The number of hydrogen-bond acceptors (Lipinski definition) is 3. The molecule has 2 aromatic heterocycles. The molecule has 40 heavy (non-hydrogen) atoms. The van der Waals surface area contributed by atoms with Crippen molar-refractivity contribution in [2.45, 2.75) is 26.2 Å². The number of nitrogens with zero attached hydrogens (tertiary/aromatic N) is 3. The minimum atomic E-state index is -0.392. The van der Waals surface area contributed by atoms with Gasteiger partial charge >= 0.3 is 0 Å². The summed E-state index contributed by atoms with van der Waals surface area (Å²) in [6, 6.07) is 35.7. The van der Waals surface area contributed by atoms with Crippen LogP contribution in [0.25, 0.3) is 44.8 Å². The fourth-order valence-corrected chi connectivity index (χ4v) is 7.19. The first-order chi connectivity index (χ1) is 19.6. The molecule has 0 radical (unpaired) electrons. The minimum Gasteiger partial charge on any atom is -0.264 e. The fourth-order valence-electron chi connectivity index (χ4n) is 7.19. The summed E-state index contributed by atoms with van der Waals surface area (Å²) in [6.07, 6.45) is 3.86. The summed E-state index contributed by atoms with van der Waals surface area (Å²) in [5, 5.41) is 0. The largest absolute Gasteiger partial charge is 0.264 e. The first kappa shape index (κ1) is 23.0. The van der Waals surface area contributed by atoms with Gasteiger partial charge in [0.25, 0.3) is 0 Å². The minimum absolute atomic E-state index is 0.392. The van der Waals surface area contributed by atoms with Crippen LogP contribution in [0.2, 0.25) is 0 Å². The van der Waals surface area contributed by atoms with Gasteiger partial charge in [0.1, 0.15) is 0 Å². The van der Waals surface area contributed by atoms with Gasteiger partial charge in [-0.15, -0.1) is 0 Å². The van der Waals surface area contributed by atoms with E-state index in [4.69, 9.17) is 9.97 Å². The lowest BCUT2D eigenvalue weighted by Crippen LogP contribution is -2.25. The van der Waals surface area contributed by atoms with E-state index in [1.807, 2.05) is 32.3 Å². The summed E-state index contributed by atoms with van der Waals surface area (Å²) >= 11 is 0. The van der Waals surface area contributed by atoms with Gasteiger partial charge in [-0.3, -0.25) is 4.98 Å². The highest BCUT2D eigenvalue weighted by Crippen LogP contribution is 2.64. The maximum Gasteiger partial charge on any atom is 0.159 e. The quantitative estimate of drug-likeness (QED) is 0.233. The van der Waals surface area contributed by atoms with Crippen LogP contribution in [0.3, 0.4) is 0 Å². The molecule has 0 saturated heterocycles. The van der Waals surface area contributed by atoms with Crippen LogP contribution in [-0.4, -0.2) is 15.0 Å². The summed E-state index contributed by atoms with van der Waals surface area (Å²) in [5.41, 5.74) is 16.8. The van der Waals surface area contributed by atoms with Crippen molar-refractivity contribution in [2.75, 3.05) is 0 Å². The Labute approximate surface area is 234 Å². The van der Waals surface area contributed by atoms with E-state index < -0.39 is 5.41 Å². The van der Waals surface area contributed by atoms with Crippen LogP contribution in [0.4, 0.5) is 0 Å². The molecule has 1 atom stereocenters. The van der Waals surface area contributed by atoms with E-state index in [1.54, 1.807) is 0 Å². The molecule has 6 aromatic rings. The van der Waals surface area contributed by atoms with E-state index in [0.29, 0.717) is 0 Å². The maximum atomic E-state index is 4.78. The first-order valence-corrected chi connectivity index (χ1v) is 13.8. The average molecular weight is 514 g/mol. The SMILES string of the molecule is Cc1cc(C)nc(-c2ccc3c(c2)-c2ccccc2C32c3ccccc3-c3c(-c4ccncc4C)cccc32)n1. The second kappa shape index (κ2) is 8.30. The van der Waals surface area contributed by atoms with Crippen molar-refractivity contribution in [1.29, 1.82) is 0 Å². The van der Waals surface area contributed by atoms with Crippen LogP contribution in [0.1, 0.15) is 39.2 Å². The highest BCUT2D eigenvalue weighted by molar-refractivity contribution is 6.00. The van der Waals surface area contributed by atoms with Crippen molar-refractivity contribution < 1.29 is 0 Å². The zero-order chi connectivity index (χ0) is 27.0. The zero-order valence-electron chi connectivity index (χ0n) is 22.7. The van der Waals surface area contributed by atoms with Crippen LogP contribution in [0.5, 0.6) is 0 Å². The second-order valence-corrected chi connectivity index (χ2v) is 11.0. The molecule has 0 aliphatic heterocycles. The summed E-state index contributed by atoms with van der Waals surface area (Å²) in [5.74, 6) is 0.779. The van der Waals surface area contributed by atoms with Crippen LogP contribution in [0, 0.1) is 20.8 Å². The van der Waals surface area contributed by atoms with Crippen LogP contribution in [-0.2, 0) is 5.41 Å². The van der Waals surface area contributed by atoms with Crippen LogP contribution < -0.4 is 0 Å². The van der Waals surface area contributed by atoms with E-state index >= 15 is 0 Å². The summed E-state index contributed by atoms with van der Waals surface area (Å²) < 4.78 is 0. The summed E-state index contributed by atoms with van der Waals surface area (Å²) in [4.78, 5) is 13.9. The van der Waals surface area contributed by atoms with Crippen molar-refractivity contribution in [1.82, 2.24) is 15.0 Å². The van der Waals surface area contributed by atoms with Gasteiger partial charge in [0.2, 0.25) is 0 Å². The van der Waals surface area contributed by atoms with E-state index in [1.165, 1.54) is 61.2 Å². The lowest BCUT2D eigenvalue weighted by Gasteiger charge is -2.30. The van der Waals surface area contributed by atoms with Gasteiger partial charge in [0.15, 0.2) is 5.82 Å². The zero-order valence-corrected chi connectivity index (χ0v) is 22.7. The molecule has 3 nitrogen and oxygen atoms in total. The Kier molecular flexibility index (Phi) is 4.78. The average Bonchev–Trinajstić information content (AvgIpc) is 3.44. The van der Waals surface area contributed by atoms with Crippen molar-refractivity contribution in [2.24, 2.45) is 0 Å². The summed E-state index contributed by atoms with van der Waals surface area (Å²) in [7, 11) is 0. The molecule has 8 rings (SSSR count). The lowest BCUT2D eigenvalue weighted by molar-refractivity contribution is 0.794. The Morgan fingerprint density at radius 2 is 1.18 bits per heavy atom. The molecular formula is C37H27N3. The van der Waals surface area contributed by atoms with Gasteiger partial charge in [-0.2, -0.15) is 0 Å². The van der Waals surface area contributed by atoms with E-state index in [-0.39, 0.29) is 0 Å². The number of aromatic nitrogens is 3. The second-order valence-electron chi connectivity index (χ2n) is 11.0. The molecule has 0 N–H and O–H groups in total. The van der Waals surface area contributed by atoms with Gasteiger partial charge in [0.05, 0.1) is 5.41 Å². The Bertz CT molecular complexity index is 1980. The molecule has 0 saturated carbocycles. The van der Waals surface area contributed by atoms with Crippen molar-refractivity contribution in [3.05, 3.63) is 149 Å². The number of aryl methyl sites for hydroxylation is 3. The first-order valence-electron chi connectivity index (χ1n) is 13.8. The standard InChI is InChI=1S/C37H27N3/c1-22-21-38-18-17-26(22)28-11-8-14-34-35(28)29-10-5-7-13-32(29)37(34)31-12-6-4-9-27(31)30-20-25(15-16-33(30)37)36-39-23(2)19-24(3)40-36/h4-21H,1-3H3. The Balaban J connectivity index is 1.47. The monoisotopic (exact) mass is 513 g/mol. The number of pyridine rings is 1. The Morgan fingerprint density at radius 1 is 0.525 bits per heavy atom. The van der Waals surface area contributed by atoms with Gasteiger partial charge in [-0.05, 0) is 100 Å². The molecule has 1 spiro atoms. The number of hydrogen-bond donors (Lipinski definition) is 0. The lowest BCUT2D eigenvalue weighted by atomic mass is 9.70. The fraction of sp³-hybridized carbons (Fsp3) is 0.108. The topological polar surface area (TPSA) is 38.7 Å². The number of benzene rings is 4. The molecule has 0 bridgehead atoms. The van der Waals surface area contributed by atoms with Crippen molar-refractivity contribution in [3.8, 4) is 44.8 Å². The third-order valence-corrected chi connectivity index (χ3v) is 8.66. The molecule has 4 aromatic carbocycles. The molecule has 2 aliphatic carbocycles. The molecule has 0 amide bonds. The third-order valence-electron chi connectivity index (χ3n) is 8.66. The van der Waals surface area contributed by atoms with E-state index in [9.17, 15) is 0 Å². The normalized spacial score (nSPS) is 16.0. The van der Waals surface area contributed by atoms with Gasteiger partial charge in [-0.25, -0.2) is 9.97 Å². The molecule has 3 heteroatoms. The molecule has 2 heterocycles. The molecule has 2 aliphatic rings. The van der Waals surface area contributed by atoms with Crippen LogP contribution in [0.15, 0.2) is 109 Å². The van der Waals surface area contributed by atoms with Gasteiger partial charge in [0, 0.05) is 29.3 Å². The molecular weight excluding hydrogens is 486 g/mol. The summed E-state index contributed by atoms with van der Waals surface area (Å²) in [6.45, 7) is 6.21. The highest BCUT2D eigenvalue weighted by Gasteiger charge is 2.52. The van der Waals surface area contributed by atoms with Crippen molar-refractivity contribution >= 4 is 0 Å². The van der Waals surface area contributed by atoms with Gasteiger partial charge in [-0.1, -0.05) is 78.9 Å². The predicted molar refractivity (Wildman–Crippen MR) is 161 cm³/mol. The molecule has 0 fully saturated rings. The molecule has 1 unspecified atom stereocenters. The Hall–Kier alpha value is -4.89. The predicted octanol–water partition coefficient (Wildman–Crippen LogP) is 8.47. The highest BCUT2D eigenvalue weighted by atomic mass is 14.9. The Morgan fingerprint density at radius 3 is 1.95 bits per heavy atom.